The molecule has 0 fully saturated rings. The Hall–Kier alpha value is -2.06. The van der Waals surface area contributed by atoms with Crippen LogP contribution in [0.2, 0.25) is 5.28 Å². The standard InChI is InChI=1S/C12H12ClN7S/c1-8-9(21-7-15-8)5-19(2)11-16-10(13)17-12(18-11)20-4-3-14-6-20/h3-4,6-7H,5H2,1-2H3. The van der Waals surface area contributed by atoms with Gasteiger partial charge in [-0.2, -0.15) is 15.0 Å². The summed E-state index contributed by atoms with van der Waals surface area (Å²) < 4.78 is 1.68. The number of hydrogen-bond acceptors (Lipinski definition) is 7. The van der Waals surface area contributed by atoms with E-state index in [4.69, 9.17) is 11.6 Å². The smallest absolute Gasteiger partial charge is 0.241 e. The Morgan fingerprint density at radius 3 is 2.86 bits per heavy atom. The number of imidazole rings is 1. The van der Waals surface area contributed by atoms with E-state index in [2.05, 4.69) is 24.9 Å². The molecule has 0 atom stereocenters. The molecule has 0 N–H and O–H groups in total. The predicted molar refractivity (Wildman–Crippen MR) is 80.9 cm³/mol. The maximum atomic E-state index is 5.99. The van der Waals surface area contributed by atoms with Crippen molar-refractivity contribution >= 4 is 28.9 Å². The summed E-state index contributed by atoms with van der Waals surface area (Å²) in [6.45, 7) is 2.65. The highest BCUT2D eigenvalue weighted by Gasteiger charge is 2.13. The van der Waals surface area contributed by atoms with Gasteiger partial charge in [-0.15, -0.1) is 11.3 Å². The molecular formula is C12H12ClN7S. The Bertz CT molecular complexity index is 740. The summed E-state index contributed by atoms with van der Waals surface area (Å²) in [7, 11) is 1.91. The summed E-state index contributed by atoms with van der Waals surface area (Å²) in [6, 6.07) is 0. The predicted octanol–water partition coefficient (Wildman–Crippen LogP) is 2.11. The van der Waals surface area contributed by atoms with Crippen molar-refractivity contribution in [2.24, 2.45) is 0 Å². The Morgan fingerprint density at radius 1 is 1.33 bits per heavy atom. The van der Waals surface area contributed by atoms with Gasteiger partial charge < -0.3 is 4.90 Å². The van der Waals surface area contributed by atoms with E-state index in [1.165, 1.54) is 4.88 Å². The van der Waals surface area contributed by atoms with Crippen LogP contribution in [0, 0.1) is 6.92 Å². The quantitative estimate of drug-likeness (QED) is 0.733. The third-order valence-corrected chi connectivity index (χ3v) is 3.98. The molecule has 0 spiro atoms. The fourth-order valence-corrected chi connectivity index (χ4v) is 2.74. The highest BCUT2D eigenvalue weighted by molar-refractivity contribution is 7.09. The lowest BCUT2D eigenvalue weighted by Gasteiger charge is -2.16. The van der Waals surface area contributed by atoms with E-state index < -0.39 is 0 Å². The van der Waals surface area contributed by atoms with Crippen LogP contribution >= 0.6 is 22.9 Å². The van der Waals surface area contributed by atoms with E-state index in [0.717, 1.165) is 5.69 Å². The number of hydrogen-bond donors (Lipinski definition) is 0. The van der Waals surface area contributed by atoms with Gasteiger partial charge in [0.2, 0.25) is 17.2 Å². The van der Waals surface area contributed by atoms with Gasteiger partial charge in [0.25, 0.3) is 0 Å². The number of nitrogens with zero attached hydrogens (tertiary/aromatic N) is 7. The summed E-state index contributed by atoms with van der Waals surface area (Å²) in [6.07, 6.45) is 5.02. The van der Waals surface area contributed by atoms with Crippen molar-refractivity contribution < 1.29 is 0 Å². The van der Waals surface area contributed by atoms with E-state index in [1.807, 2.05) is 24.4 Å². The van der Waals surface area contributed by atoms with Crippen LogP contribution in [-0.2, 0) is 6.54 Å². The molecule has 0 unspecified atom stereocenters. The first-order chi connectivity index (χ1) is 10.1. The van der Waals surface area contributed by atoms with Gasteiger partial charge in [-0.05, 0) is 18.5 Å². The van der Waals surface area contributed by atoms with Crippen LogP contribution in [0.3, 0.4) is 0 Å². The van der Waals surface area contributed by atoms with Crippen molar-refractivity contribution in [1.82, 2.24) is 29.5 Å². The molecule has 3 aromatic rings. The van der Waals surface area contributed by atoms with E-state index in [-0.39, 0.29) is 5.28 Å². The van der Waals surface area contributed by atoms with E-state index in [0.29, 0.717) is 18.4 Å². The molecule has 0 aromatic carbocycles. The molecule has 9 heteroatoms. The molecule has 108 valence electrons. The summed E-state index contributed by atoms with van der Waals surface area (Å²) in [4.78, 5) is 24.0. The molecule has 3 rings (SSSR count). The van der Waals surface area contributed by atoms with Crippen LogP contribution in [-0.4, -0.2) is 36.5 Å². The normalized spacial score (nSPS) is 10.8. The minimum absolute atomic E-state index is 0.150. The summed E-state index contributed by atoms with van der Waals surface area (Å²) in [5.74, 6) is 0.946. The van der Waals surface area contributed by atoms with Crippen molar-refractivity contribution in [2.45, 2.75) is 13.5 Å². The molecule has 0 saturated carbocycles. The van der Waals surface area contributed by atoms with Gasteiger partial charge in [-0.1, -0.05) is 0 Å². The Kier molecular flexibility index (Phi) is 3.80. The average molecular weight is 322 g/mol. The van der Waals surface area contributed by atoms with Gasteiger partial charge in [0.05, 0.1) is 17.7 Å². The molecule has 21 heavy (non-hydrogen) atoms. The van der Waals surface area contributed by atoms with Gasteiger partial charge in [-0.25, -0.2) is 9.97 Å². The van der Waals surface area contributed by atoms with Gasteiger partial charge in [0, 0.05) is 24.3 Å². The maximum Gasteiger partial charge on any atom is 0.241 e. The number of aryl methyl sites for hydroxylation is 1. The van der Waals surface area contributed by atoms with Crippen molar-refractivity contribution in [1.29, 1.82) is 0 Å². The third-order valence-electron chi connectivity index (χ3n) is 2.89. The average Bonchev–Trinajstić information content (AvgIpc) is 3.11. The van der Waals surface area contributed by atoms with Crippen molar-refractivity contribution in [2.75, 3.05) is 11.9 Å². The van der Waals surface area contributed by atoms with Gasteiger partial charge in [0.15, 0.2) is 0 Å². The number of anilines is 1. The molecule has 3 aromatic heterocycles. The fourth-order valence-electron chi connectivity index (χ4n) is 1.76. The molecule has 3 heterocycles. The first-order valence-electron chi connectivity index (χ1n) is 6.13. The van der Waals surface area contributed by atoms with Crippen LogP contribution in [0.5, 0.6) is 0 Å². The second kappa shape index (κ2) is 5.74. The van der Waals surface area contributed by atoms with E-state index in [1.54, 1.807) is 34.6 Å². The molecule has 0 radical (unpaired) electrons. The molecule has 0 aliphatic carbocycles. The highest BCUT2D eigenvalue weighted by atomic mass is 35.5. The summed E-state index contributed by atoms with van der Waals surface area (Å²) in [5.41, 5.74) is 2.84. The van der Waals surface area contributed by atoms with Crippen LogP contribution in [0.1, 0.15) is 10.6 Å². The topological polar surface area (TPSA) is 72.6 Å². The second-order valence-electron chi connectivity index (χ2n) is 4.39. The monoisotopic (exact) mass is 321 g/mol. The van der Waals surface area contributed by atoms with Gasteiger partial charge >= 0.3 is 0 Å². The number of aromatic nitrogens is 6. The molecular weight excluding hydrogens is 310 g/mol. The zero-order chi connectivity index (χ0) is 14.8. The molecule has 0 aliphatic rings. The van der Waals surface area contributed by atoms with Crippen LogP contribution in [0.4, 0.5) is 5.95 Å². The van der Waals surface area contributed by atoms with Crippen LogP contribution in [0.15, 0.2) is 24.2 Å². The van der Waals surface area contributed by atoms with Crippen molar-refractivity contribution in [3.63, 3.8) is 0 Å². The minimum Gasteiger partial charge on any atom is -0.338 e. The molecule has 0 aliphatic heterocycles. The van der Waals surface area contributed by atoms with Crippen LogP contribution in [0.25, 0.3) is 5.95 Å². The number of thiazole rings is 1. The lowest BCUT2D eigenvalue weighted by molar-refractivity contribution is 0.824. The molecule has 7 nitrogen and oxygen atoms in total. The lowest BCUT2D eigenvalue weighted by Crippen LogP contribution is -2.20. The minimum atomic E-state index is 0.150. The Balaban J connectivity index is 1.89. The zero-order valence-corrected chi connectivity index (χ0v) is 13.0. The molecule has 0 saturated heterocycles. The van der Waals surface area contributed by atoms with Gasteiger partial charge in [-0.3, -0.25) is 4.57 Å². The number of rotatable bonds is 4. The zero-order valence-electron chi connectivity index (χ0n) is 11.4. The Morgan fingerprint density at radius 2 is 2.19 bits per heavy atom. The largest absolute Gasteiger partial charge is 0.338 e. The van der Waals surface area contributed by atoms with Crippen molar-refractivity contribution in [3.8, 4) is 5.95 Å². The molecule has 0 amide bonds. The SMILES string of the molecule is Cc1ncsc1CN(C)c1nc(Cl)nc(-n2ccnc2)n1. The van der Waals surface area contributed by atoms with Crippen molar-refractivity contribution in [3.05, 3.63) is 40.1 Å². The molecule has 0 bridgehead atoms. The van der Waals surface area contributed by atoms with Crippen LogP contribution < -0.4 is 4.90 Å². The maximum absolute atomic E-state index is 5.99. The Labute approximate surface area is 130 Å². The fraction of sp³-hybridized carbons (Fsp3) is 0.250. The first-order valence-corrected chi connectivity index (χ1v) is 7.39. The summed E-state index contributed by atoms with van der Waals surface area (Å²) in [5, 5.41) is 0.150. The second-order valence-corrected chi connectivity index (χ2v) is 5.67. The van der Waals surface area contributed by atoms with E-state index in [9.17, 15) is 0 Å². The first kappa shape index (κ1) is 13.9. The third kappa shape index (κ3) is 3.01. The van der Waals surface area contributed by atoms with Gasteiger partial charge in [0.1, 0.15) is 6.33 Å². The van der Waals surface area contributed by atoms with E-state index >= 15 is 0 Å². The lowest BCUT2D eigenvalue weighted by atomic mass is 10.4. The highest BCUT2D eigenvalue weighted by Crippen LogP contribution is 2.18. The number of halogens is 1. The summed E-state index contributed by atoms with van der Waals surface area (Å²) >= 11 is 7.60.